The molecule has 0 saturated carbocycles. The fraction of sp³-hybridized carbons (Fsp3) is 0. The molecule has 5 nitrogen and oxygen atoms in total. The van der Waals surface area contributed by atoms with Crippen LogP contribution < -0.4 is 0 Å². The van der Waals surface area contributed by atoms with Crippen molar-refractivity contribution in [2.45, 2.75) is 0 Å². The zero-order valence-corrected chi connectivity index (χ0v) is 15.5. The molecule has 4 aromatic rings. The fourth-order valence-corrected chi connectivity index (χ4v) is 2.91. The molecule has 0 fully saturated rings. The standard InChI is InChI=1S/C24H17N3O2/c1-16(24(28)29)19-13-8-14-20(15-19)23-26-21(17-9-4-2-5-10-17)25-22(27-23)18-11-6-3-7-12-18/h2-15H,1H2,(H,28,29). The maximum atomic E-state index is 11.3. The highest BCUT2D eigenvalue weighted by Crippen LogP contribution is 2.26. The van der Waals surface area contributed by atoms with Crippen LogP contribution in [-0.4, -0.2) is 26.0 Å². The van der Waals surface area contributed by atoms with Gasteiger partial charge in [0.1, 0.15) is 0 Å². The SMILES string of the molecule is C=C(C(=O)O)c1cccc(-c2nc(-c3ccccc3)nc(-c3ccccc3)n2)c1. The topological polar surface area (TPSA) is 76.0 Å². The number of nitrogens with zero attached hydrogens (tertiary/aromatic N) is 3. The van der Waals surface area contributed by atoms with Gasteiger partial charge in [0, 0.05) is 16.7 Å². The summed E-state index contributed by atoms with van der Waals surface area (Å²) in [5.74, 6) is 0.513. The van der Waals surface area contributed by atoms with Crippen LogP contribution in [0.25, 0.3) is 39.7 Å². The molecule has 0 spiro atoms. The van der Waals surface area contributed by atoms with E-state index >= 15 is 0 Å². The van der Waals surface area contributed by atoms with Crippen molar-refractivity contribution in [2.75, 3.05) is 0 Å². The zero-order valence-electron chi connectivity index (χ0n) is 15.5. The predicted molar refractivity (Wildman–Crippen MR) is 113 cm³/mol. The van der Waals surface area contributed by atoms with Gasteiger partial charge in [-0.05, 0) is 11.6 Å². The number of carboxylic acids is 1. The molecule has 5 heteroatoms. The van der Waals surface area contributed by atoms with Gasteiger partial charge < -0.3 is 5.11 Å². The summed E-state index contributed by atoms with van der Waals surface area (Å²) in [6.07, 6.45) is 0. The largest absolute Gasteiger partial charge is 0.478 e. The maximum absolute atomic E-state index is 11.3. The van der Waals surface area contributed by atoms with Crippen molar-refractivity contribution in [3.05, 3.63) is 97.1 Å². The van der Waals surface area contributed by atoms with Gasteiger partial charge >= 0.3 is 5.97 Å². The summed E-state index contributed by atoms with van der Waals surface area (Å²) >= 11 is 0. The third-order valence-electron chi connectivity index (χ3n) is 4.43. The minimum Gasteiger partial charge on any atom is -0.478 e. The van der Waals surface area contributed by atoms with Crippen LogP contribution in [0.4, 0.5) is 0 Å². The maximum Gasteiger partial charge on any atom is 0.335 e. The van der Waals surface area contributed by atoms with Gasteiger partial charge in [-0.1, -0.05) is 85.4 Å². The lowest BCUT2D eigenvalue weighted by atomic mass is 10.0. The number of carbonyl (C=O) groups is 1. The molecule has 1 N–H and O–H groups in total. The molecule has 0 aliphatic heterocycles. The van der Waals surface area contributed by atoms with Gasteiger partial charge in [0.2, 0.25) is 0 Å². The average Bonchev–Trinajstić information content (AvgIpc) is 2.79. The van der Waals surface area contributed by atoms with Crippen molar-refractivity contribution in [3.63, 3.8) is 0 Å². The minimum absolute atomic E-state index is 0.0208. The van der Waals surface area contributed by atoms with Gasteiger partial charge in [-0.15, -0.1) is 0 Å². The van der Waals surface area contributed by atoms with Crippen molar-refractivity contribution in [3.8, 4) is 34.2 Å². The summed E-state index contributed by atoms with van der Waals surface area (Å²) in [7, 11) is 0. The Morgan fingerprint density at radius 1 is 0.655 bits per heavy atom. The first kappa shape index (κ1) is 18.3. The number of aromatic nitrogens is 3. The molecule has 140 valence electrons. The molecule has 0 unspecified atom stereocenters. The van der Waals surface area contributed by atoms with E-state index in [-0.39, 0.29) is 5.57 Å². The first-order chi connectivity index (χ1) is 14.1. The van der Waals surface area contributed by atoms with Crippen LogP contribution in [0.1, 0.15) is 5.56 Å². The summed E-state index contributed by atoms with van der Waals surface area (Å²) in [5.41, 5.74) is 2.98. The van der Waals surface area contributed by atoms with E-state index in [9.17, 15) is 9.90 Å². The second-order valence-electron chi connectivity index (χ2n) is 6.40. The third kappa shape index (κ3) is 3.94. The van der Waals surface area contributed by atoms with Crippen LogP contribution in [0.5, 0.6) is 0 Å². The van der Waals surface area contributed by atoms with Gasteiger partial charge in [-0.3, -0.25) is 0 Å². The summed E-state index contributed by atoms with van der Waals surface area (Å²) in [6.45, 7) is 3.64. The van der Waals surface area contributed by atoms with Gasteiger partial charge in [0.05, 0.1) is 5.57 Å². The Morgan fingerprint density at radius 3 is 1.59 bits per heavy atom. The van der Waals surface area contributed by atoms with E-state index < -0.39 is 5.97 Å². The molecule has 29 heavy (non-hydrogen) atoms. The van der Waals surface area contributed by atoms with E-state index in [0.29, 0.717) is 28.6 Å². The molecule has 0 atom stereocenters. The summed E-state index contributed by atoms with van der Waals surface area (Å²) < 4.78 is 0. The normalized spacial score (nSPS) is 10.5. The molecular formula is C24H17N3O2. The quantitative estimate of drug-likeness (QED) is 0.496. The molecular weight excluding hydrogens is 362 g/mol. The Hall–Kier alpha value is -4.12. The molecule has 0 amide bonds. The zero-order chi connectivity index (χ0) is 20.2. The van der Waals surface area contributed by atoms with Crippen molar-refractivity contribution in [1.82, 2.24) is 15.0 Å². The van der Waals surface area contributed by atoms with Crippen molar-refractivity contribution in [2.24, 2.45) is 0 Å². The van der Waals surface area contributed by atoms with Crippen LogP contribution in [0.15, 0.2) is 91.5 Å². The number of hydrogen-bond acceptors (Lipinski definition) is 4. The molecule has 4 rings (SSSR count). The second-order valence-corrected chi connectivity index (χ2v) is 6.40. The molecule has 0 bridgehead atoms. The second kappa shape index (κ2) is 7.86. The number of aliphatic carboxylic acids is 1. The molecule has 0 radical (unpaired) electrons. The molecule has 0 aliphatic rings. The molecule has 0 aliphatic carbocycles. The molecule has 0 saturated heterocycles. The van der Waals surface area contributed by atoms with E-state index in [1.54, 1.807) is 18.2 Å². The number of hydrogen-bond donors (Lipinski definition) is 1. The highest BCUT2D eigenvalue weighted by molar-refractivity contribution is 6.14. The Kier molecular flexibility index (Phi) is 4.95. The van der Waals surface area contributed by atoms with E-state index in [1.807, 2.05) is 66.7 Å². The first-order valence-electron chi connectivity index (χ1n) is 9.02. The molecule has 1 aromatic heterocycles. The monoisotopic (exact) mass is 379 g/mol. The van der Waals surface area contributed by atoms with Crippen LogP contribution in [-0.2, 0) is 4.79 Å². The van der Waals surface area contributed by atoms with E-state index in [0.717, 1.165) is 11.1 Å². The average molecular weight is 379 g/mol. The number of carboxylic acid groups (broad SMARTS) is 1. The lowest BCUT2D eigenvalue weighted by Crippen LogP contribution is -2.01. The van der Waals surface area contributed by atoms with Crippen molar-refractivity contribution < 1.29 is 9.90 Å². The molecule has 3 aromatic carbocycles. The summed E-state index contributed by atoms with van der Waals surface area (Å²) in [6, 6.07) is 26.4. The molecule has 1 heterocycles. The van der Waals surface area contributed by atoms with Gasteiger partial charge in [-0.2, -0.15) is 0 Å². The Morgan fingerprint density at radius 2 is 1.10 bits per heavy atom. The van der Waals surface area contributed by atoms with Crippen LogP contribution in [0.2, 0.25) is 0 Å². The lowest BCUT2D eigenvalue weighted by Gasteiger charge is -2.09. The van der Waals surface area contributed by atoms with E-state index in [1.165, 1.54) is 0 Å². The van der Waals surface area contributed by atoms with Gasteiger partial charge in [0.25, 0.3) is 0 Å². The van der Waals surface area contributed by atoms with E-state index in [2.05, 4.69) is 21.5 Å². The van der Waals surface area contributed by atoms with Crippen LogP contribution in [0.3, 0.4) is 0 Å². The Balaban J connectivity index is 1.88. The van der Waals surface area contributed by atoms with Gasteiger partial charge in [0.15, 0.2) is 17.5 Å². The lowest BCUT2D eigenvalue weighted by molar-refractivity contribution is -0.130. The fourth-order valence-electron chi connectivity index (χ4n) is 2.91. The van der Waals surface area contributed by atoms with Crippen molar-refractivity contribution in [1.29, 1.82) is 0 Å². The van der Waals surface area contributed by atoms with Crippen LogP contribution in [0, 0.1) is 0 Å². The Labute approximate surface area is 168 Å². The van der Waals surface area contributed by atoms with Gasteiger partial charge in [-0.25, -0.2) is 19.7 Å². The summed E-state index contributed by atoms with van der Waals surface area (Å²) in [4.78, 5) is 25.2. The van der Waals surface area contributed by atoms with Crippen molar-refractivity contribution >= 4 is 11.5 Å². The summed E-state index contributed by atoms with van der Waals surface area (Å²) in [5, 5.41) is 9.24. The number of benzene rings is 3. The third-order valence-corrected chi connectivity index (χ3v) is 4.43. The minimum atomic E-state index is -1.06. The smallest absolute Gasteiger partial charge is 0.335 e. The van der Waals surface area contributed by atoms with E-state index in [4.69, 9.17) is 0 Å². The highest BCUT2D eigenvalue weighted by Gasteiger charge is 2.14. The Bertz CT molecular complexity index is 1130. The number of rotatable bonds is 5. The highest BCUT2D eigenvalue weighted by atomic mass is 16.4. The first-order valence-corrected chi connectivity index (χ1v) is 9.02. The van der Waals surface area contributed by atoms with Crippen LogP contribution >= 0.6 is 0 Å². The predicted octanol–water partition coefficient (Wildman–Crippen LogP) is 4.97.